The molecule has 2 rings (SSSR count). The maximum Gasteiger partial charge on any atom is 0.433 e. The number of alkyl halides is 3. The van der Waals surface area contributed by atoms with Gasteiger partial charge in [0.15, 0.2) is 11.6 Å². The minimum absolute atomic E-state index is 0.0600. The van der Waals surface area contributed by atoms with Crippen LogP contribution in [0, 0.1) is 11.6 Å². The van der Waals surface area contributed by atoms with Crippen molar-refractivity contribution in [2.24, 2.45) is 0 Å². The van der Waals surface area contributed by atoms with E-state index in [1.807, 2.05) is 0 Å². The molecule has 1 aromatic heterocycles. The molecule has 0 aliphatic heterocycles. The standard InChI is InChI=1S/C21H22F5N3O4/c1-20(2,3)33-19(32)27-8-4-5-11-14(7-6-13(22)17(11)23)29-15-10-28-16(21(24,25)26)9-12(15)18(30)31/h6-7,9-10,29H,4-5,8H2,1-3H3,(H,27,32)(H,30,31). The van der Waals surface area contributed by atoms with Crippen molar-refractivity contribution in [1.82, 2.24) is 10.3 Å². The van der Waals surface area contributed by atoms with E-state index in [1.165, 1.54) is 0 Å². The number of aromatic carboxylic acids is 1. The van der Waals surface area contributed by atoms with Gasteiger partial charge in [-0.25, -0.2) is 23.4 Å². The van der Waals surface area contributed by atoms with Crippen LogP contribution in [0.25, 0.3) is 0 Å². The third kappa shape index (κ3) is 7.29. The smallest absolute Gasteiger partial charge is 0.433 e. The van der Waals surface area contributed by atoms with Gasteiger partial charge in [0.2, 0.25) is 0 Å². The van der Waals surface area contributed by atoms with Crippen LogP contribution < -0.4 is 10.6 Å². The Morgan fingerprint density at radius 3 is 2.36 bits per heavy atom. The summed E-state index contributed by atoms with van der Waals surface area (Å²) in [4.78, 5) is 26.3. The SMILES string of the molecule is CC(C)(C)OC(=O)NCCCc1c(Nc2cnc(C(F)(F)F)cc2C(=O)O)ccc(F)c1F. The van der Waals surface area contributed by atoms with Crippen molar-refractivity contribution in [3.8, 4) is 0 Å². The average molecular weight is 475 g/mol. The number of hydrogen-bond acceptors (Lipinski definition) is 5. The van der Waals surface area contributed by atoms with E-state index >= 15 is 0 Å². The van der Waals surface area contributed by atoms with E-state index in [9.17, 15) is 36.6 Å². The van der Waals surface area contributed by atoms with Gasteiger partial charge in [-0.1, -0.05) is 0 Å². The third-order valence-corrected chi connectivity index (χ3v) is 4.16. The Kier molecular flexibility index (Phi) is 7.83. The highest BCUT2D eigenvalue weighted by molar-refractivity contribution is 5.95. The van der Waals surface area contributed by atoms with Gasteiger partial charge in [-0.15, -0.1) is 0 Å². The van der Waals surface area contributed by atoms with Crippen molar-refractivity contribution in [2.75, 3.05) is 11.9 Å². The summed E-state index contributed by atoms with van der Waals surface area (Å²) in [5, 5.41) is 14.3. The number of hydrogen-bond donors (Lipinski definition) is 3. The van der Waals surface area contributed by atoms with Gasteiger partial charge in [0.1, 0.15) is 11.3 Å². The molecular weight excluding hydrogens is 453 g/mol. The highest BCUT2D eigenvalue weighted by Crippen LogP contribution is 2.32. The lowest BCUT2D eigenvalue weighted by Crippen LogP contribution is -2.33. The van der Waals surface area contributed by atoms with Gasteiger partial charge in [-0.05, 0) is 51.8 Å². The van der Waals surface area contributed by atoms with Crippen molar-refractivity contribution in [3.05, 3.63) is 52.9 Å². The van der Waals surface area contributed by atoms with Crippen molar-refractivity contribution < 1.29 is 41.4 Å². The quantitative estimate of drug-likeness (QED) is 0.372. The summed E-state index contributed by atoms with van der Waals surface area (Å²) in [6.07, 6.45) is -4.83. The lowest BCUT2D eigenvalue weighted by Gasteiger charge is -2.20. The van der Waals surface area contributed by atoms with Crippen LogP contribution in [0.3, 0.4) is 0 Å². The maximum absolute atomic E-state index is 14.4. The van der Waals surface area contributed by atoms with Crippen molar-refractivity contribution >= 4 is 23.4 Å². The fourth-order valence-corrected chi connectivity index (χ4v) is 2.76. The number of halogens is 5. The molecule has 1 aromatic carbocycles. The van der Waals surface area contributed by atoms with Crippen molar-refractivity contribution in [2.45, 2.75) is 45.4 Å². The van der Waals surface area contributed by atoms with Crippen LogP contribution in [0.4, 0.5) is 38.1 Å². The van der Waals surface area contributed by atoms with Gasteiger partial charge in [-0.2, -0.15) is 13.2 Å². The van der Waals surface area contributed by atoms with Gasteiger partial charge in [0.05, 0.1) is 17.4 Å². The van der Waals surface area contributed by atoms with Crippen LogP contribution in [0.1, 0.15) is 48.8 Å². The number of anilines is 2. The first-order chi connectivity index (χ1) is 15.2. The molecular formula is C21H22F5N3O4. The molecule has 33 heavy (non-hydrogen) atoms. The Labute approximate surface area is 186 Å². The summed E-state index contributed by atoms with van der Waals surface area (Å²) < 4.78 is 71.9. The van der Waals surface area contributed by atoms with Gasteiger partial charge >= 0.3 is 18.2 Å². The number of aromatic nitrogens is 1. The molecule has 0 saturated heterocycles. The Hall–Kier alpha value is -3.44. The zero-order chi connectivity index (χ0) is 25.0. The number of alkyl carbamates (subject to hydrolysis) is 1. The number of nitrogens with one attached hydrogen (secondary N) is 2. The molecule has 1 amide bonds. The predicted molar refractivity (Wildman–Crippen MR) is 108 cm³/mol. The molecule has 7 nitrogen and oxygen atoms in total. The highest BCUT2D eigenvalue weighted by atomic mass is 19.4. The average Bonchev–Trinajstić information content (AvgIpc) is 2.67. The normalized spacial score (nSPS) is 11.8. The van der Waals surface area contributed by atoms with E-state index in [4.69, 9.17) is 4.74 Å². The number of carbonyl (C=O) groups excluding carboxylic acids is 1. The lowest BCUT2D eigenvalue weighted by atomic mass is 10.1. The number of ether oxygens (including phenoxy) is 1. The van der Waals surface area contributed by atoms with E-state index < -0.39 is 46.7 Å². The number of pyridine rings is 1. The van der Waals surface area contributed by atoms with Crippen molar-refractivity contribution in [1.29, 1.82) is 0 Å². The van der Waals surface area contributed by atoms with Crippen LogP contribution in [-0.4, -0.2) is 34.3 Å². The number of carboxylic acids is 1. The van der Waals surface area contributed by atoms with E-state index in [0.29, 0.717) is 12.3 Å². The monoisotopic (exact) mass is 475 g/mol. The van der Waals surface area contributed by atoms with Crippen LogP contribution >= 0.6 is 0 Å². The van der Waals surface area contributed by atoms with Crippen molar-refractivity contribution in [3.63, 3.8) is 0 Å². The first-order valence-electron chi connectivity index (χ1n) is 9.70. The molecule has 0 radical (unpaired) electrons. The first kappa shape index (κ1) is 25.8. The molecule has 0 saturated carbocycles. The molecule has 0 aliphatic rings. The molecule has 0 fully saturated rings. The molecule has 2 aromatic rings. The zero-order valence-electron chi connectivity index (χ0n) is 17.9. The second-order valence-electron chi connectivity index (χ2n) is 7.96. The summed E-state index contributed by atoms with van der Waals surface area (Å²) in [5.74, 6) is -4.05. The zero-order valence-corrected chi connectivity index (χ0v) is 17.9. The summed E-state index contributed by atoms with van der Waals surface area (Å²) in [6, 6.07) is 2.26. The van der Waals surface area contributed by atoms with Gasteiger partial charge in [0, 0.05) is 17.8 Å². The highest BCUT2D eigenvalue weighted by Gasteiger charge is 2.34. The predicted octanol–water partition coefficient (Wildman–Crippen LogP) is 5.28. The fourth-order valence-electron chi connectivity index (χ4n) is 2.76. The largest absolute Gasteiger partial charge is 0.478 e. The van der Waals surface area contributed by atoms with E-state index in [0.717, 1.165) is 12.1 Å². The molecule has 0 unspecified atom stereocenters. The van der Waals surface area contributed by atoms with E-state index in [-0.39, 0.29) is 36.3 Å². The second kappa shape index (κ2) is 10.0. The minimum Gasteiger partial charge on any atom is -0.478 e. The second-order valence-corrected chi connectivity index (χ2v) is 7.96. The number of carboxylic acid groups (broad SMARTS) is 1. The Morgan fingerprint density at radius 1 is 1.12 bits per heavy atom. The van der Waals surface area contributed by atoms with Crippen LogP contribution in [0.2, 0.25) is 0 Å². The summed E-state index contributed by atoms with van der Waals surface area (Å²) in [5.41, 5.74) is -3.46. The summed E-state index contributed by atoms with van der Waals surface area (Å²) >= 11 is 0. The van der Waals surface area contributed by atoms with Crippen LogP contribution in [-0.2, 0) is 17.3 Å². The van der Waals surface area contributed by atoms with E-state index in [1.54, 1.807) is 20.8 Å². The van der Waals surface area contributed by atoms with E-state index in [2.05, 4.69) is 15.6 Å². The topological polar surface area (TPSA) is 101 Å². The molecule has 0 spiro atoms. The number of carbonyl (C=O) groups is 2. The first-order valence-corrected chi connectivity index (χ1v) is 9.70. The molecule has 0 atom stereocenters. The third-order valence-electron chi connectivity index (χ3n) is 4.16. The fraction of sp³-hybridized carbons (Fsp3) is 0.381. The lowest BCUT2D eigenvalue weighted by molar-refractivity contribution is -0.141. The number of amides is 1. The maximum atomic E-state index is 14.4. The van der Waals surface area contributed by atoms with Gasteiger partial charge in [0.25, 0.3) is 0 Å². The number of benzene rings is 1. The summed E-state index contributed by atoms with van der Waals surface area (Å²) in [6.45, 7) is 5.09. The molecule has 0 bridgehead atoms. The Balaban J connectivity index is 2.23. The van der Waals surface area contributed by atoms with Gasteiger partial charge in [-0.3, -0.25) is 0 Å². The Morgan fingerprint density at radius 2 is 1.79 bits per heavy atom. The molecule has 0 aliphatic carbocycles. The molecule has 1 heterocycles. The molecule has 180 valence electrons. The summed E-state index contributed by atoms with van der Waals surface area (Å²) in [7, 11) is 0. The molecule has 3 N–H and O–H groups in total. The number of rotatable bonds is 7. The van der Waals surface area contributed by atoms with Gasteiger partial charge < -0.3 is 20.5 Å². The van der Waals surface area contributed by atoms with Crippen LogP contribution in [0.5, 0.6) is 0 Å². The van der Waals surface area contributed by atoms with Crippen LogP contribution in [0.15, 0.2) is 24.4 Å². The number of nitrogens with zero attached hydrogens (tertiary/aromatic N) is 1. The Bertz CT molecular complexity index is 1040. The minimum atomic E-state index is -4.86. The molecule has 12 heteroatoms.